The molecule has 1 aliphatic rings. The van der Waals surface area contributed by atoms with E-state index in [0.29, 0.717) is 30.4 Å². The van der Waals surface area contributed by atoms with Crippen LogP contribution in [0.3, 0.4) is 0 Å². The lowest BCUT2D eigenvalue weighted by atomic mass is 9.98. The van der Waals surface area contributed by atoms with Gasteiger partial charge < -0.3 is 10.2 Å². The third kappa shape index (κ3) is 4.20. The van der Waals surface area contributed by atoms with Crippen LogP contribution >= 0.6 is 11.6 Å². The third-order valence-electron chi connectivity index (χ3n) is 5.52. The van der Waals surface area contributed by atoms with E-state index in [4.69, 9.17) is 21.6 Å². The van der Waals surface area contributed by atoms with Crippen molar-refractivity contribution in [2.75, 3.05) is 11.9 Å². The van der Waals surface area contributed by atoms with Crippen LogP contribution in [0.1, 0.15) is 11.3 Å². The Morgan fingerprint density at radius 2 is 1.53 bits per heavy atom. The highest BCUT2D eigenvalue weighted by Gasteiger charge is 2.26. The summed E-state index contributed by atoms with van der Waals surface area (Å²) >= 11 is 6.12. The second kappa shape index (κ2) is 8.81. The summed E-state index contributed by atoms with van der Waals surface area (Å²) in [5, 5.41) is 3.65. The van der Waals surface area contributed by atoms with Gasteiger partial charge in [0.2, 0.25) is 0 Å². The normalized spacial score (nSPS) is 12.8. The van der Waals surface area contributed by atoms with Crippen LogP contribution in [0.25, 0.3) is 22.6 Å². The van der Waals surface area contributed by atoms with E-state index in [-0.39, 0.29) is 6.03 Å². The van der Waals surface area contributed by atoms with E-state index in [0.717, 1.165) is 33.8 Å². The van der Waals surface area contributed by atoms with Gasteiger partial charge in [0.15, 0.2) is 5.82 Å². The molecule has 32 heavy (non-hydrogen) atoms. The van der Waals surface area contributed by atoms with Gasteiger partial charge in [0.25, 0.3) is 0 Å². The highest BCUT2D eigenvalue weighted by atomic mass is 35.5. The number of benzene rings is 3. The maximum Gasteiger partial charge on any atom is 0.322 e. The van der Waals surface area contributed by atoms with Gasteiger partial charge >= 0.3 is 6.03 Å². The SMILES string of the molecule is O=C(Nc1ccccc1)N1CCc2nc(-c3ccccc3)nc(-c3ccc(Cl)cc3)c2C1. The lowest BCUT2D eigenvalue weighted by Crippen LogP contribution is -2.39. The zero-order valence-electron chi connectivity index (χ0n) is 17.3. The molecule has 5 rings (SSSR count). The van der Waals surface area contributed by atoms with Crippen LogP contribution in [-0.4, -0.2) is 27.4 Å². The quantitative estimate of drug-likeness (QED) is 0.421. The van der Waals surface area contributed by atoms with Crippen LogP contribution in [0.4, 0.5) is 10.5 Å². The Labute approximate surface area is 191 Å². The molecule has 1 N–H and O–H groups in total. The van der Waals surface area contributed by atoms with E-state index in [9.17, 15) is 4.79 Å². The molecule has 0 bridgehead atoms. The fourth-order valence-corrected chi connectivity index (χ4v) is 4.00. The molecule has 6 heteroatoms. The first-order valence-corrected chi connectivity index (χ1v) is 10.9. The summed E-state index contributed by atoms with van der Waals surface area (Å²) in [6, 6.07) is 27.0. The minimum absolute atomic E-state index is 0.129. The van der Waals surface area contributed by atoms with E-state index in [2.05, 4.69) is 5.32 Å². The van der Waals surface area contributed by atoms with Gasteiger partial charge in [-0.3, -0.25) is 0 Å². The second-order valence-electron chi connectivity index (χ2n) is 7.66. The van der Waals surface area contributed by atoms with Crippen molar-refractivity contribution < 1.29 is 4.79 Å². The number of rotatable bonds is 3. The molecular weight excluding hydrogens is 420 g/mol. The number of amides is 2. The smallest absolute Gasteiger partial charge is 0.320 e. The molecule has 0 fully saturated rings. The van der Waals surface area contributed by atoms with Gasteiger partial charge in [0.05, 0.1) is 17.9 Å². The van der Waals surface area contributed by atoms with Gasteiger partial charge in [0.1, 0.15) is 0 Å². The molecule has 2 amide bonds. The molecule has 0 saturated heterocycles. The number of hydrogen-bond acceptors (Lipinski definition) is 3. The minimum Gasteiger partial charge on any atom is -0.320 e. The highest BCUT2D eigenvalue weighted by Crippen LogP contribution is 2.31. The number of carbonyl (C=O) groups is 1. The lowest BCUT2D eigenvalue weighted by Gasteiger charge is -2.30. The van der Waals surface area contributed by atoms with Gasteiger partial charge in [-0.15, -0.1) is 0 Å². The maximum atomic E-state index is 12.9. The number of carbonyl (C=O) groups excluding carboxylic acids is 1. The van der Waals surface area contributed by atoms with Gasteiger partial charge in [-0.05, 0) is 24.3 Å². The Hall–Kier alpha value is -3.70. The monoisotopic (exact) mass is 440 g/mol. The van der Waals surface area contributed by atoms with Crippen molar-refractivity contribution in [1.29, 1.82) is 0 Å². The van der Waals surface area contributed by atoms with Crippen LogP contribution in [0, 0.1) is 0 Å². The zero-order valence-corrected chi connectivity index (χ0v) is 18.1. The Morgan fingerprint density at radius 3 is 2.25 bits per heavy atom. The molecule has 0 spiro atoms. The van der Waals surface area contributed by atoms with Crippen LogP contribution in [0.2, 0.25) is 5.02 Å². The number of para-hydroxylation sites is 1. The van der Waals surface area contributed by atoms with Gasteiger partial charge in [0, 0.05) is 40.4 Å². The van der Waals surface area contributed by atoms with Crippen LogP contribution in [0.5, 0.6) is 0 Å². The number of nitrogens with one attached hydrogen (secondary N) is 1. The topological polar surface area (TPSA) is 58.1 Å². The molecule has 0 aliphatic carbocycles. The van der Waals surface area contributed by atoms with Crippen molar-refractivity contribution in [2.24, 2.45) is 0 Å². The Bertz CT molecular complexity index is 1240. The van der Waals surface area contributed by atoms with Gasteiger partial charge in [-0.1, -0.05) is 72.3 Å². The zero-order chi connectivity index (χ0) is 21.9. The van der Waals surface area contributed by atoms with Gasteiger partial charge in [-0.2, -0.15) is 0 Å². The Balaban J connectivity index is 1.52. The molecule has 158 valence electrons. The third-order valence-corrected chi connectivity index (χ3v) is 5.77. The molecule has 3 aromatic carbocycles. The molecule has 1 aliphatic heterocycles. The van der Waals surface area contributed by atoms with Crippen molar-refractivity contribution in [3.63, 3.8) is 0 Å². The average Bonchev–Trinajstić information content (AvgIpc) is 2.85. The van der Waals surface area contributed by atoms with Crippen molar-refractivity contribution in [2.45, 2.75) is 13.0 Å². The Morgan fingerprint density at radius 1 is 0.844 bits per heavy atom. The molecule has 5 nitrogen and oxygen atoms in total. The number of aromatic nitrogens is 2. The first-order valence-electron chi connectivity index (χ1n) is 10.5. The maximum absolute atomic E-state index is 12.9. The molecule has 0 radical (unpaired) electrons. The Kier molecular flexibility index (Phi) is 5.57. The number of fused-ring (bicyclic) bond motifs is 1. The lowest BCUT2D eigenvalue weighted by molar-refractivity contribution is 0.206. The van der Waals surface area contributed by atoms with Crippen molar-refractivity contribution >= 4 is 23.3 Å². The first-order chi connectivity index (χ1) is 15.7. The van der Waals surface area contributed by atoms with E-state index in [1.807, 2.05) is 84.9 Å². The first kappa shape index (κ1) is 20.2. The number of anilines is 1. The summed E-state index contributed by atoms with van der Waals surface area (Å²) < 4.78 is 0. The molecule has 4 aromatic rings. The summed E-state index contributed by atoms with van der Waals surface area (Å²) in [5.41, 5.74) is 5.49. The molecule has 0 saturated carbocycles. The standard InChI is InChI=1S/C26H21ClN4O/c27-20-13-11-18(12-14-20)24-22-17-31(26(32)28-21-9-5-2-6-10-21)16-15-23(22)29-25(30-24)19-7-3-1-4-8-19/h1-14H,15-17H2,(H,28,32). The highest BCUT2D eigenvalue weighted by molar-refractivity contribution is 6.30. The summed E-state index contributed by atoms with van der Waals surface area (Å²) in [6.45, 7) is 1.04. The summed E-state index contributed by atoms with van der Waals surface area (Å²) in [7, 11) is 0. The van der Waals surface area contributed by atoms with Gasteiger partial charge in [-0.25, -0.2) is 14.8 Å². The number of urea groups is 1. The second-order valence-corrected chi connectivity index (χ2v) is 8.10. The molecule has 1 aromatic heterocycles. The summed E-state index contributed by atoms with van der Waals surface area (Å²) in [6.07, 6.45) is 0.667. The average molecular weight is 441 g/mol. The minimum atomic E-state index is -0.129. The fourth-order valence-electron chi connectivity index (χ4n) is 3.87. The van der Waals surface area contributed by atoms with E-state index in [1.165, 1.54) is 0 Å². The number of halogens is 1. The molecule has 0 atom stereocenters. The van der Waals surface area contributed by atoms with Crippen molar-refractivity contribution in [3.8, 4) is 22.6 Å². The van der Waals surface area contributed by atoms with Crippen molar-refractivity contribution in [3.05, 3.63) is 101 Å². The molecular formula is C26H21ClN4O. The summed E-state index contributed by atoms with van der Waals surface area (Å²) in [5.74, 6) is 0.691. The van der Waals surface area contributed by atoms with Crippen LogP contribution in [0.15, 0.2) is 84.9 Å². The van der Waals surface area contributed by atoms with Crippen LogP contribution < -0.4 is 5.32 Å². The predicted octanol–water partition coefficient (Wildman–Crippen LogP) is 6.05. The van der Waals surface area contributed by atoms with E-state index >= 15 is 0 Å². The van der Waals surface area contributed by atoms with Crippen molar-refractivity contribution in [1.82, 2.24) is 14.9 Å². The van der Waals surface area contributed by atoms with E-state index < -0.39 is 0 Å². The number of hydrogen-bond donors (Lipinski definition) is 1. The summed E-state index contributed by atoms with van der Waals surface area (Å²) in [4.78, 5) is 24.5. The van der Waals surface area contributed by atoms with Crippen LogP contribution in [-0.2, 0) is 13.0 Å². The van der Waals surface area contributed by atoms with E-state index in [1.54, 1.807) is 4.90 Å². The molecule has 2 heterocycles. The number of nitrogens with zero attached hydrogens (tertiary/aromatic N) is 3. The largest absolute Gasteiger partial charge is 0.322 e. The molecule has 0 unspecified atom stereocenters. The fraction of sp³-hybridized carbons (Fsp3) is 0.115. The predicted molar refractivity (Wildman–Crippen MR) is 127 cm³/mol.